The number of benzene rings is 1. The molecule has 3 aliphatic carbocycles. The first-order valence-electron chi connectivity index (χ1n) is 9.51. The standard InChI is InChI=1S/C22H32O/c1-14-11-16(23)12-15-13-18-21(4)9-6-8-20(2,3)17(21)7-10-22(18,5)19(14)15/h11-12,17-18,23H,6-10,13H2,1-5H3/t17?,18-,21+,22+/m1/s1. The molecule has 126 valence electrons. The lowest BCUT2D eigenvalue weighted by molar-refractivity contribution is -0.0983. The molecule has 0 aromatic heterocycles. The monoisotopic (exact) mass is 312 g/mol. The van der Waals surface area contributed by atoms with Crippen molar-refractivity contribution in [3.8, 4) is 5.75 Å². The number of phenolic OH excluding ortho intramolecular Hbond substituents is 1. The molecule has 0 amide bonds. The van der Waals surface area contributed by atoms with E-state index in [1.165, 1.54) is 49.7 Å². The molecule has 2 saturated carbocycles. The van der Waals surface area contributed by atoms with Crippen LogP contribution in [-0.2, 0) is 11.8 Å². The molecule has 4 rings (SSSR count). The highest BCUT2D eigenvalue weighted by molar-refractivity contribution is 5.50. The molecule has 0 saturated heterocycles. The van der Waals surface area contributed by atoms with Gasteiger partial charge in [-0.3, -0.25) is 0 Å². The Labute approximate surface area is 141 Å². The van der Waals surface area contributed by atoms with Crippen LogP contribution < -0.4 is 0 Å². The van der Waals surface area contributed by atoms with Gasteiger partial charge in [0.05, 0.1) is 0 Å². The van der Waals surface area contributed by atoms with E-state index in [2.05, 4.69) is 40.7 Å². The molecule has 0 aliphatic heterocycles. The molecule has 0 heterocycles. The first-order valence-corrected chi connectivity index (χ1v) is 9.51. The summed E-state index contributed by atoms with van der Waals surface area (Å²) < 4.78 is 0. The van der Waals surface area contributed by atoms with Crippen molar-refractivity contribution < 1.29 is 5.11 Å². The van der Waals surface area contributed by atoms with Crippen molar-refractivity contribution in [3.05, 3.63) is 28.8 Å². The summed E-state index contributed by atoms with van der Waals surface area (Å²) in [5, 5.41) is 10.1. The van der Waals surface area contributed by atoms with Crippen LogP contribution in [0.3, 0.4) is 0 Å². The number of rotatable bonds is 0. The maximum Gasteiger partial charge on any atom is 0.116 e. The zero-order valence-corrected chi connectivity index (χ0v) is 15.5. The highest BCUT2D eigenvalue weighted by Gasteiger charge is 2.61. The fourth-order valence-corrected chi connectivity index (χ4v) is 7.45. The Morgan fingerprint density at radius 1 is 1.00 bits per heavy atom. The number of phenols is 1. The van der Waals surface area contributed by atoms with Gasteiger partial charge >= 0.3 is 0 Å². The summed E-state index contributed by atoms with van der Waals surface area (Å²) in [6.45, 7) is 12.3. The van der Waals surface area contributed by atoms with Crippen molar-refractivity contribution in [1.82, 2.24) is 0 Å². The molecule has 0 radical (unpaired) electrons. The first-order chi connectivity index (χ1) is 10.7. The molecule has 1 aromatic rings. The predicted octanol–water partition coefficient (Wildman–Crippen LogP) is 5.76. The Hall–Kier alpha value is -0.980. The van der Waals surface area contributed by atoms with Crippen molar-refractivity contribution in [2.75, 3.05) is 0 Å². The Kier molecular flexibility index (Phi) is 3.08. The molecule has 0 bridgehead atoms. The summed E-state index contributed by atoms with van der Waals surface area (Å²) in [6, 6.07) is 4.03. The van der Waals surface area contributed by atoms with Crippen LogP contribution in [0, 0.1) is 29.6 Å². The number of aromatic hydroxyl groups is 1. The predicted molar refractivity (Wildman–Crippen MR) is 95.9 cm³/mol. The van der Waals surface area contributed by atoms with Gasteiger partial charge in [-0.15, -0.1) is 0 Å². The summed E-state index contributed by atoms with van der Waals surface area (Å²) in [5.41, 5.74) is 5.56. The normalized spacial score (nSPS) is 41.1. The van der Waals surface area contributed by atoms with Crippen LogP contribution in [0.2, 0.25) is 0 Å². The Morgan fingerprint density at radius 2 is 1.74 bits per heavy atom. The number of hydrogen-bond acceptors (Lipinski definition) is 1. The van der Waals surface area contributed by atoms with E-state index in [0.29, 0.717) is 22.0 Å². The van der Waals surface area contributed by atoms with Crippen molar-refractivity contribution in [3.63, 3.8) is 0 Å². The van der Waals surface area contributed by atoms with Crippen molar-refractivity contribution in [1.29, 1.82) is 0 Å². The summed E-state index contributed by atoms with van der Waals surface area (Å²) in [5.74, 6) is 2.04. The lowest BCUT2D eigenvalue weighted by atomic mass is 9.43. The summed E-state index contributed by atoms with van der Waals surface area (Å²) >= 11 is 0. The minimum atomic E-state index is 0.311. The molecule has 1 aromatic carbocycles. The van der Waals surface area contributed by atoms with Crippen LogP contribution in [0.1, 0.15) is 76.5 Å². The largest absolute Gasteiger partial charge is 0.508 e. The number of aryl methyl sites for hydroxylation is 1. The third-order valence-electron chi connectivity index (χ3n) is 8.19. The van der Waals surface area contributed by atoms with Gasteiger partial charge in [0, 0.05) is 0 Å². The summed E-state index contributed by atoms with van der Waals surface area (Å²) in [7, 11) is 0. The fraction of sp³-hybridized carbons (Fsp3) is 0.727. The molecule has 0 spiro atoms. The van der Waals surface area contributed by atoms with E-state index in [0.717, 1.165) is 11.8 Å². The molecule has 2 fully saturated rings. The first kappa shape index (κ1) is 15.5. The molecule has 1 unspecified atom stereocenters. The molecule has 3 aliphatic rings. The van der Waals surface area contributed by atoms with Crippen molar-refractivity contribution >= 4 is 0 Å². The SMILES string of the molecule is Cc1cc(O)cc2c1[C@@]1(C)CCC3C(C)(C)CCC[C@]3(C)[C@H]1C2. The zero-order valence-electron chi connectivity index (χ0n) is 15.5. The molecule has 1 N–H and O–H groups in total. The summed E-state index contributed by atoms with van der Waals surface area (Å²) in [6.07, 6.45) is 8.03. The lowest BCUT2D eigenvalue weighted by Gasteiger charge is -2.61. The minimum Gasteiger partial charge on any atom is -0.508 e. The molecule has 1 heteroatoms. The number of fused-ring (bicyclic) bond motifs is 5. The van der Waals surface area contributed by atoms with Crippen LogP contribution in [-0.4, -0.2) is 5.11 Å². The fourth-order valence-electron chi connectivity index (χ4n) is 7.45. The van der Waals surface area contributed by atoms with E-state index in [1.807, 2.05) is 6.07 Å². The highest BCUT2D eigenvalue weighted by Crippen LogP contribution is 2.67. The van der Waals surface area contributed by atoms with Crippen LogP contribution in [0.15, 0.2) is 12.1 Å². The summed E-state index contributed by atoms with van der Waals surface area (Å²) in [4.78, 5) is 0. The van der Waals surface area contributed by atoms with E-state index in [1.54, 1.807) is 5.56 Å². The average Bonchev–Trinajstić information content (AvgIpc) is 2.71. The third-order valence-corrected chi connectivity index (χ3v) is 8.19. The Morgan fingerprint density at radius 3 is 2.48 bits per heavy atom. The lowest BCUT2D eigenvalue weighted by Crippen LogP contribution is -2.55. The Balaban J connectivity index is 1.84. The van der Waals surface area contributed by atoms with Crippen molar-refractivity contribution in [2.45, 2.75) is 78.6 Å². The van der Waals surface area contributed by atoms with E-state index in [9.17, 15) is 5.11 Å². The van der Waals surface area contributed by atoms with Gasteiger partial charge in [-0.2, -0.15) is 0 Å². The average molecular weight is 312 g/mol. The molecule has 23 heavy (non-hydrogen) atoms. The zero-order chi connectivity index (χ0) is 16.6. The second kappa shape index (κ2) is 4.55. The van der Waals surface area contributed by atoms with Gasteiger partial charge < -0.3 is 5.11 Å². The molecular weight excluding hydrogens is 280 g/mol. The highest BCUT2D eigenvalue weighted by atomic mass is 16.3. The maximum absolute atomic E-state index is 10.1. The quantitative estimate of drug-likeness (QED) is 0.646. The van der Waals surface area contributed by atoms with E-state index >= 15 is 0 Å². The maximum atomic E-state index is 10.1. The smallest absolute Gasteiger partial charge is 0.116 e. The third kappa shape index (κ3) is 1.91. The van der Waals surface area contributed by atoms with Crippen LogP contribution >= 0.6 is 0 Å². The van der Waals surface area contributed by atoms with E-state index in [-0.39, 0.29) is 0 Å². The van der Waals surface area contributed by atoms with Gasteiger partial charge in [0.1, 0.15) is 5.75 Å². The number of hydrogen-bond donors (Lipinski definition) is 1. The van der Waals surface area contributed by atoms with Gasteiger partial charge in [0.2, 0.25) is 0 Å². The van der Waals surface area contributed by atoms with Crippen LogP contribution in [0.4, 0.5) is 0 Å². The van der Waals surface area contributed by atoms with E-state index in [4.69, 9.17) is 0 Å². The second-order valence-electron chi connectivity index (χ2n) is 9.91. The van der Waals surface area contributed by atoms with Gasteiger partial charge in [0.15, 0.2) is 0 Å². The molecular formula is C22H32O. The molecule has 4 atom stereocenters. The molecule has 1 nitrogen and oxygen atoms in total. The van der Waals surface area contributed by atoms with Gasteiger partial charge in [0.25, 0.3) is 0 Å². The van der Waals surface area contributed by atoms with E-state index < -0.39 is 0 Å². The van der Waals surface area contributed by atoms with Gasteiger partial charge in [-0.1, -0.05) is 34.1 Å². The Bertz CT molecular complexity index is 658. The van der Waals surface area contributed by atoms with Crippen LogP contribution in [0.25, 0.3) is 0 Å². The second-order valence-corrected chi connectivity index (χ2v) is 9.91. The topological polar surface area (TPSA) is 20.2 Å². The van der Waals surface area contributed by atoms with Gasteiger partial charge in [-0.05, 0) is 95.9 Å². The van der Waals surface area contributed by atoms with Crippen molar-refractivity contribution in [2.24, 2.45) is 22.7 Å². The minimum absolute atomic E-state index is 0.311. The van der Waals surface area contributed by atoms with Crippen LogP contribution in [0.5, 0.6) is 5.75 Å². The van der Waals surface area contributed by atoms with Gasteiger partial charge in [-0.25, -0.2) is 0 Å².